The van der Waals surface area contributed by atoms with Gasteiger partial charge in [0, 0.05) is 76.4 Å². The molecular formula is C55H61N9O7. The number of aliphatic imine (C=N–C) groups is 1. The van der Waals surface area contributed by atoms with Gasteiger partial charge in [-0.2, -0.15) is 0 Å². The van der Waals surface area contributed by atoms with Crippen LogP contribution in [-0.4, -0.2) is 125 Å². The van der Waals surface area contributed by atoms with Crippen LogP contribution in [0.5, 0.6) is 11.5 Å². The van der Waals surface area contributed by atoms with Gasteiger partial charge in [0.2, 0.25) is 11.8 Å². The van der Waals surface area contributed by atoms with Crippen molar-refractivity contribution in [2.24, 2.45) is 22.4 Å². The zero-order chi connectivity index (χ0) is 49.2. The van der Waals surface area contributed by atoms with E-state index in [1.807, 2.05) is 54.6 Å². The minimum Gasteiger partial charge on any atom is -0.457 e. The molecule has 5 heterocycles. The third kappa shape index (κ3) is 10.2. The van der Waals surface area contributed by atoms with Gasteiger partial charge in [0.15, 0.2) is 0 Å². The number of para-hydroxylation sites is 1. The van der Waals surface area contributed by atoms with Gasteiger partial charge in [-0.25, -0.2) is 0 Å². The first-order valence-corrected chi connectivity index (χ1v) is 25.1. The molecule has 6 amide bonds. The van der Waals surface area contributed by atoms with Crippen LogP contribution in [0.4, 0.5) is 0 Å². The molecule has 1 saturated carbocycles. The number of amides is 6. The molecule has 16 nitrogen and oxygen atoms in total. The van der Waals surface area contributed by atoms with Crippen molar-refractivity contribution in [2.75, 3.05) is 45.8 Å². The zero-order valence-corrected chi connectivity index (χ0v) is 39.9. The summed E-state index contributed by atoms with van der Waals surface area (Å²) in [5.41, 5.74) is 16.9. The van der Waals surface area contributed by atoms with Crippen LogP contribution in [0.25, 0.3) is 5.70 Å². The van der Waals surface area contributed by atoms with Gasteiger partial charge in [0.1, 0.15) is 28.9 Å². The Morgan fingerprint density at radius 2 is 1.37 bits per heavy atom. The van der Waals surface area contributed by atoms with Gasteiger partial charge in [0.05, 0.1) is 16.8 Å². The molecule has 4 fully saturated rings. The van der Waals surface area contributed by atoms with Crippen LogP contribution in [0.3, 0.4) is 0 Å². The Morgan fingerprint density at radius 3 is 2.06 bits per heavy atom. The minimum atomic E-state index is -1.05. The second-order valence-electron chi connectivity index (χ2n) is 19.8. The van der Waals surface area contributed by atoms with Crippen molar-refractivity contribution in [2.45, 2.75) is 88.4 Å². The van der Waals surface area contributed by atoms with E-state index in [0.717, 1.165) is 88.3 Å². The molecular weight excluding hydrogens is 899 g/mol. The van der Waals surface area contributed by atoms with Crippen molar-refractivity contribution in [1.82, 2.24) is 30.2 Å². The van der Waals surface area contributed by atoms with Crippen LogP contribution >= 0.6 is 0 Å². The van der Waals surface area contributed by atoms with Gasteiger partial charge in [0.25, 0.3) is 23.6 Å². The summed E-state index contributed by atoms with van der Waals surface area (Å²) in [5, 5.41) is 5.80. The molecule has 0 spiro atoms. The smallest absolute Gasteiger partial charge is 0.262 e. The second kappa shape index (κ2) is 20.7. The molecule has 6 aliphatic rings. The number of carbonyl (C=O) groups is 6. The number of likely N-dealkylation sites (tertiary alicyclic amines) is 1. The molecule has 0 radical (unpaired) electrons. The largest absolute Gasteiger partial charge is 0.457 e. The lowest BCUT2D eigenvalue weighted by Gasteiger charge is -2.43. The first-order valence-electron chi connectivity index (χ1n) is 25.1. The van der Waals surface area contributed by atoms with Gasteiger partial charge in [-0.05, 0) is 134 Å². The Kier molecular flexibility index (Phi) is 13.8. The first kappa shape index (κ1) is 47.5. The summed E-state index contributed by atoms with van der Waals surface area (Å²) in [6.45, 7) is 6.82. The van der Waals surface area contributed by atoms with Crippen LogP contribution in [0.2, 0.25) is 0 Å². The maximum absolute atomic E-state index is 13.6. The summed E-state index contributed by atoms with van der Waals surface area (Å²) < 4.78 is 5.93. The molecule has 1 unspecified atom stereocenters. The highest BCUT2D eigenvalue weighted by Gasteiger charge is 2.45. The van der Waals surface area contributed by atoms with Crippen molar-refractivity contribution in [3.63, 3.8) is 0 Å². The lowest BCUT2D eigenvalue weighted by atomic mass is 9.79. The predicted molar refractivity (Wildman–Crippen MR) is 267 cm³/mol. The molecule has 3 saturated heterocycles. The fourth-order valence-electron chi connectivity index (χ4n) is 11.5. The van der Waals surface area contributed by atoms with Crippen molar-refractivity contribution in [1.29, 1.82) is 0 Å². The van der Waals surface area contributed by atoms with Gasteiger partial charge in [-0.3, -0.25) is 53.8 Å². The maximum Gasteiger partial charge on any atom is 0.262 e. The van der Waals surface area contributed by atoms with E-state index in [2.05, 4.69) is 44.7 Å². The van der Waals surface area contributed by atoms with Gasteiger partial charge in [-0.15, -0.1) is 0 Å². The molecule has 0 bridgehead atoms. The molecule has 71 heavy (non-hydrogen) atoms. The Bertz CT molecular complexity index is 2750. The number of piperazine rings is 1. The van der Waals surface area contributed by atoms with Crippen LogP contribution in [0.1, 0.15) is 111 Å². The number of nitrogens with one attached hydrogen (secondary N) is 2. The van der Waals surface area contributed by atoms with E-state index in [9.17, 15) is 28.8 Å². The Hall–Kier alpha value is -7.17. The number of piperidine rings is 2. The number of ether oxygens (including phenoxy) is 1. The zero-order valence-electron chi connectivity index (χ0n) is 39.9. The average molecular weight is 960 g/mol. The van der Waals surface area contributed by atoms with E-state index in [0.29, 0.717) is 65.9 Å². The fraction of sp³-hybridized carbons (Fsp3) is 0.400. The summed E-state index contributed by atoms with van der Waals surface area (Å²) in [5.74, 6) is -0.429. The number of primary amides is 1. The third-order valence-electron chi connectivity index (χ3n) is 15.5. The normalized spacial score (nSPS) is 23.9. The monoisotopic (exact) mass is 959 g/mol. The molecule has 2 atom stereocenters. The van der Waals surface area contributed by atoms with Crippen LogP contribution in [-0.2, 0) is 20.9 Å². The molecule has 10 rings (SSSR count). The van der Waals surface area contributed by atoms with Crippen molar-refractivity contribution < 1.29 is 33.5 Å². The quantitative estimate of drug-likeness (QED) is 0.107. The molecule has 16 heteroatoms. The van der Waals surface area contributed by atoms with E-state index >= 15 is 0 Å². The van der Waals surface area contributed by atoms with E-state index in [1.54, 1.807) is 11.0 Å². The molecule has 4 aromatic carbocycles. The highest BCUT2D eigenvalue weighted by molar-refractivity contribution is 6.25. The van der Waals surface area contributed by atoms with E-state index in [1.165, 1.54) is 23.3 Å². The highest BCUT2D eigenvalue weighted by Crippen LogP contribution is 2.35. The summed E-state index contributed by atoms with van der Waals surface area (Å²) >= 11 is 0. The van der Waals surface area contributed by atoms with Crippen LogP contribution in [0.15, 0.2) is 108 Å². The predicted octanol–water partition coefficient (Wildman–Crippen LogP) is 5.19. The van der Waals surface area contributed by atoms with Gasteiger partial charge >= 0.3 is 0 Å². The number of nitrogens with zero attached hydrogens (tertiary/aromatic N) is 5. The van der Waals surface area contributed by atoms with Gasteiger partial charge in [-0.1, -0.05) is 42.5 Å². The number of hydrogen-bond acceptors (Lipinski definition) is 12. The summed E-state index contributed by atoms with van der Waals surface area (Å²) in [6, 6.07) is 30.1. The molecule has 4 aromatic rings. The van der Waals surface area contributed by atoms with Crippen molar-refractivity contribution in [3.05, 3.63) is 136 Å². The van der Waals surface area contributed by atoms with Crippen LogP contribution < -0.4 is 26.8 Å². The third-order valence-corrected chi connectivity index (χ3v) is 15.5. The van der Waals surface area contributed by atoms with Crippen LogP contribution in [0, 0.1) is 5.92 Å². The minimum absolute atomic E-state index is 0.0422. The molecule has 1 aliphatic carbocycles. The SMILES string of the molecule is NC(=O)C(C1=NCC[C@@H](C2CCC(N3CCN(Cc4ccc(C5CCN(C(=O)c6ccc7c(c6)C(=O)N(C6CCC(=O)NC6=O)C7=O)CC5)cc4)CC3)CC2)N1)=C(N)c1ccc(Oc2ccccc2)cc1. The van der Waals surface area contributed by atoms with Gasteiger partial charge < -0.3 is 26.4 Å². The molecule has 6 N–H and O–H groups in total. The summed E-state index contributed by atoms with van der Waals surface area (Å²) in [4.78, 5) is 89.7. The molecule has 368 valence electrons. The number of benzene rings is 4. The number of rotatable bonds is 12. The maximum atomic E-state index is 13.6. The summed E-state index contributed by atoms with van der Waals surface area (Å²) in [6.07, 6.45) is 7.17. The lowest BCUT2D eigenvalue weighted by molar-refractivity contribution is -0.136. The van der Waals surface area contributed by atoms with E-state index in [4.69, 9.17) is 21.2 Å². The van der Waals surface area contributed by atoms with Crippen molar-refractivity contribution in [3.8, 4) is 11.5 Å². The number of carbonyl (C=O) groups excluding carboxylic acids is 6. The number of amidine groups is 1. The fourth-order valence-corrected chi connectivity index (χ4v) is 11.5. The highest BCUT2D eigenvalue weighted by atomic mass is 16.5. The topological polar surface area (TPSA) is 213 Å². The Morgan fingerprint density at radius 1 is 0.690 bits per heavy atom. The van der Waals surface area contributed by atoms with Crippen molar-refractivity contribution >= 4 is 47.0 Å². The lowest BCUT2D eigenvalue weighted by Crippen LogP contribution is -2.54. The molecule has 5 aliphatic heterocycles. The Balaban J connectivity index is 0.655. The second-order valence-corrected chi connectivity index (χ2v) is 19.8. The van der Waals surface area contributed by atoms with E-state index in [-0.39, 0.29) is 41.5 Å². The number of hydrogen-bond donors (Lipinski definition) is 4. The number of imide groups is 2. The summed E-state index contributed by atoms with van der Waals surface area (Å²) in [7, 11) is 0. The number of nitrogens with two attached hydrogens (primary N) is 2. The first-order chi connectivity index (χ1) is 34.5. The Labute approximate surface area is 413 Å². The average Bonchev–Trinajstić information content (AvgIpc) is 3.64. The standard InChI is InChI=1S/C55H61N9O7/c56-49(38-12-17-42(18-13-38)71-41-4-2-1-3-5-41)48(50(57)66)51-58-25-22-45(59-51)37-10-15-40(16-11-37)62-30-28-61(29-31-62)33-34-6-8-35(9-7-34)36-23-26-63(27-24-36)53(68)39-14-19-43-44(32-39)55(70)64(54(43)69)46-20-21-47(65)60-52(46)67/h1-9,12-14,17-19,32,36-37,40,45-46H,10-11,15-16,20-31,33,56H2,(H2,57,66)(H,58,59)(H,60,65,67)/t37?,40?,45-,46?/m0/s1. The van der Waals surface area contributed by atoms with E-state index < -0.39 is 35.6 Å². The molecule has 0 aromatic heterocycles. The number of fused-ring (bicyclic) bond motifs is 1.